The number of ether oxygens (including phenoxy) is 3. The molecule has 2 aliphatic heterocycles. The summed E-state index contributed by atoms with van der Waals surface area (Å²) in [5.74, 6) is 0.667. The Labute approximate surface area is 269 Å². The maximum atomic E-state index is 10.5. The lowest BCUT2D eigenvalue weighted by Gasteiger charge is -2.20. The molecular formula is C40H37ClO4. The molecule has 5 heteroatoms. The van der Waals surface area contributed by atoms with Gasteiger partial charge in [-0.1, -0.05) is 146 Å². The molecule has 2 heterocycles. The van der Waals surface area contributed by atoms with E-state index in [0.29, 0.717) is 18.6 Å². The molecule has 0 bridgehead atoms. The van der Waals surface area contributed by atoms with Crippen LogP contribution in [0.15, 0.2) is 146 Å². The van der Waals surface area contributed by atoms with Crippen LogP contribution in [-0.4, -0.2) is 43.0 Å². The minimum absolute atomic E-state index is 0.0588. The third-order valence-electron chi connectivity index (χ3n) is 7.87. The second kappa shape index (κ2) is 15.3. The van der Waals surface area contributed by atoms with Gasteiger partial charge in [0.15, 0.2) is 0 Å². The van der Waals surface area contributed by atoms with E-state index in [-0.39, 0.29) is 12.2 Å². The highest BCUT2D eigenvalue weighted by molar-refractivity contribution is 6.18. The second-order valence-corrected chi connectivity index (χ2v) is 11.4. The van der Waals surface area contributed by atoms with Gasteiger partial charge < -0.3 is 19.3 Å². The molecule has 1 N–H and O–H groups in total. The Kier molecular flexibility index (Phi) is 10.5. The highest BCUT2D eigenvalue weighted by Gasteiger charge is 2.26. The van der Waals surface area contributed by atoms with Gasteiger partial charge in [-0.15, -0.1) is 11.6 Å². The summed E-state index contributed by atoms with van der Waals surface area (Å²) in [6.07, 6.45) is 0.0339. The van der Waals surface area contributed by atoms with E-state index in [1.165, 1.54) is 21.9 Å². The second-order valence-electron chi connectivity index (χ2n) is 11.1. The minimum Gasteiger partial charge on any atom is -0.384 e. The summed E-state index contributed by atoms with van der Waals surface area (Å²) >= 11 is 5.27. The average Bonchev–Trinajstić information content (AvgIpc) is 4.05. The van der Waals surface area contributed by atoms with E-state index in [0.717, 1.165) is 35.1 Å². The lowest BCUT2D eigenvalue weighted by molar-refractivity contribution is 0.0680. The van der Waals surface area contributed by atoms with Gasteiger partial charge in [0.1, 0.15) is 18.3 Å². The Hall–Kier alpha value is -4.03. The standard InChI is InChI=1S/C20H18O2.C17H14O.C3H5ClO/c1-2-8-16(9-3-1)20(22-14-17-13-21-17)19-12-6-10-15-7-4-5-11-18(15)19;18-17(14-8-2-1-3-9-14)16-12-6-10-13-7-4-5-11-15(13)16;4-1-3-2-5-3/h1-12,17,20H,13-14H2;1-12,17-18H;3H,1-2H2. The van der Waals surface area contributed by atoms with Crippen molar-refractivity contribution in [3.05, 3.63) is 168 Å². The number of aliphatic hydroxyl groups excluding tert-OH is 1. The van der Waals surface area contributed by atoms with Gasteiger partial charge in [-0.25, -0.2) is 0 Å². The highest BCUT2D eigenvalue weighted by Crippen LogP contribution is 2.33. The molecule has 228 valence electrons. The first-order valence-corrected chi connectivity index (χ1v) is 15.9. The molecule has 2 saturated heterocycles. The van der Waals surface area contributed by atoms with Crippen LogP contribution in [0.25, 0.3) is 21.5 Å². The third-order valence-corrected chi connectivity index (χ3v) is 8.21. The van der Waals surface area contributed by atoms with Crippen LogP contribution >= 0.6 is 11.6 Å². The van der Waals surface area contributed by atoms with Crippen LogP contribution in [0.4, 0.5) is 0 Å². The van der Waals surface area contributed by atoms with Crippen LogP contribution in [0.3, 0.4) is 0 Å². The van der Waals surface area contributed by atoms with E-state index in [1.54, 1.807) is 0 Å². The number of aliphatic hydroxyl groups is 1. The van der Waals surface area contributed by atoms with Crippen molar-refractivity contribution in [1.29, 1.82) is 0 Å². The van der Waals surface area contributed by atoms with Crippen molar-refractivity contribution in [2.24, 2.45) is 0 Å². The number of alkyl halides is 1. The Morgan fingerprint density at radius 3 is 1.58 bits per heavy atom. The molecule has 4 unspecified atom stereocenters. The van der Waals surface area contributed by atoms with Crippen molar-refractivity contribution < 1.29 is 19.3 Å². The molecule has 6 aromatic rings. The van der Waals surface area contributed by atoms with E-state index in [2.05, 4.69) is 84.9 Å². The Morgan fingerprint density at radius 2 is 1.04 bits per heavy atom. The number of halogens is 1. The average molecular weight is 617 g/mol. The van der Waals surface area contributed by atoms with Gasteiger partial charge in [0, 0.05) is 0 Å². The molecule has 0 aliphatic carbocycles. The maximum absolute atomic E-state index is 10.5. The summed E-state index contributed by atoms with van der Waals surface area (Å²) in [6, 6.07) is 49.2. The first kappa shape index (κ1) is 31.0. The molecule has 0 amide bonds. The molecule has 6 aromatic carbocycles. The van der Waals surface area contributed by atoms with Crippen molar-refractivity contribution in [1.82, 2.24) is 0 Å². The molecule has 45 heavy (non-hydrogen) atoms. The molecule has 0 radical (unpaired) electrons. The van der Waals surface area contributed by atoms with Gasteiger partial charge in [-0.2, -0.15) is 0 Å². The predicted molar refractivity (Wildman–Crippen MR) is 183 cm³/mol. The molecule has 0 aromatic heterocycles. The lowest BCUT2D eigenvalue weighted by atomic mass is 9.96. The predicted octanol–water partition coefficient (Wildman–Crippen LogP) is 8.89. The van der Waals surface area contributed by atoms with Crippen molar-refractivity contribution in [2.75, 3.05) is 25.7 Å². The molecule has 2 aliphatic rings. The van der Waals surface area contributed by atoms with Gasteiger partial charge in [0.05, 0.1) is 31.8 Å². The van der Waals surface area contributed by atoms with E-state index in [4.69, 9.17) is 25.8 Å². The molecule has 4 atom stereocenters. The van der Waals surface area contributed by atoms with E-state index in [9.17, 15) is 5.11 Å². The number of hydrogen-bond acceptors (Lipinski definition) is 4. The monoisotopic (exact) mass is 616 g/mol. The lowest BCUT2D eigenvalue weighted by Crippen LogP contribution is -2.11. The smallest absolute Gasteiger partial charge is 0.108 e. The number of hydrogen-bond donors (Lipinski definition) is 1. The first-order valence-electron chi connectivity index (χ1n) is 15.4. The van der Waals surface area contributed by atoms with Crippen LogP contribution in [0, 0.1) is 0 Å². The maximum Gasteiger partial charge on any atom is 0.108 e. The zero-order chi connectivity index (χ0) is 30.8. The largest absolute Gasteiger partial charge is 0.384 e. The fraction of sp³-hybridized carbons (Fsp3) is 0.200. The first-order chi connectivity index (χ1) is 22.2. The van der Waals surface area contributed by atoms with Crippen molar-refractivity contribution in [3.63, 3.8) is 0 Å². The SMILES string of the molecule is ClCC1CO1.OC(c1ccccc1)c1cccc2ccccc12.c1ccc(C(OCC2CO2)c2cccc3ccccc23)cc1. The number of rotatable bonds is 8. The van der Waals surface area contributed by atoms with Gasteiger partial charge in [-0.3, -0.25) is 0 Å². The van der Waals surface area contributed by atoms with Crippen LogP contribution in [0.1, 0.15) is 34.5 Å². The summed E-state index contributed by atoms with van der Waals surface area (Å²) in [5.41, 5.74) is 4.28. The Balaban J connectivity index is 0.000000139. The zero-order valence-corrected chi connectivity index (χ0v) is 25.8. The summed E-state index contributed by atoms with van der Waals surface area (Å²) in [4.78, 5) is 0. The molecule has 4 nitrogen and oxygen atoms in total. The van der Waals surface area contributed by atoms with E-state index in [1.807, 2.05) is 60.7 Å². The van der Waals surface area contributed by atoms with Gasteiger partial charge in [0.25, 0.3) is 0 Å². The number of fused-ring (bicyclic) bond motifs is 2. The fourth-order valence-corrected chi connectivity index (χ4v) is 5.48. The topological polar surface area (TPSA) is 54.5 Å². The molecule has 0 saturated carbocycles. The van der Waals surface area contributed by atoms with Crippen LogP contribution in [0.2, 0.25) is 0 Å². The molecular weight excluding hydrogens is 580 g/mol. The molecule has 0 spiro atoms. The van der Waals surface area contributed by atoms with Crippen LogP contribution in [0.5, 0.6) is 0 Å². The fourth-order valence-electron chi connectivity index (χ4n) is 5.30. The van der Waals surface area contributed by atoms with Crippen molar-refractivity contribution in [2.45, 2.75) is 24.4 Å². The van der Waals surface area contributed by atoms with Crippen molar-refractivity contribution >= 4 is 33.1 Å². The zero-order valence-electron chi connectivity index (χ0n) is 25.0. The number of benzene rings is 6. The summed E-state index contributed by atoms with van der Waals surface area (Å²) < 4.78 is 16.2. The third kappa shape index (κ3) is 8.37. The molecule has 2 fully saturated rings. The quantitative estimate of drug-likeness (QED) is 0.137. The number of epoxide rings is 2. The van der Waals surface area contributed by atoms with Crippen LogP contribution < -0.4 is 0 Å². The molecule has 8 rings (SSSR count). The van der Waals surface area contributed by atoms with Gasteiger partial charge >= 0.3 is 0 Å². The van der Waals surface area contributed by atoms with E-state index >= 15 is 0 Å². The van der Waals surface area contributed by atoms with Gasteiger partial charge in [-0.05, 0) is 43.8 Å². The van der Waals surface area contributed by atoms with E-state index < -0.39 is 6.10 Å². The minimum atomic E-state index is -0.572. The Bertz CT molecular complexity index is 1770. The van der Waals surface area contributed by atoms with Gasteiger partial charge in [0.2, 0.25) is 0 Å². The summed E-state index contributed by atoms with van der Waals surface area (Å²) in [6.45, 7) is 2.34. The normalized spacial score (nSPS) is 17.7. The Morgan fingerprint density at radius 1 is 0.578 bits per heavy atom. The van der Waals surface area contributed by atoms with Crippen LogP contribution in [-0.2, 0) is 14.2 Å². The highest BCUT2D eigenvalue weighted by atomic mass is 35.5. The van der Waals surface area contributed by atoms with Crippen molar-refractivity contribution in [3.8, 4) is 0 Å². The summed E-state index contributed by atoms with van der Waals surface area (Å²) in [5, 5.41) is 15.2. The summed E-state index contributed by atoms with van der Waals surface area (Å²) in [7, 11) is 0.